The normalized spacial score (nSPS) is 10.1. The van der Waals surface area contributed by atoms with Crippen molar-refractivity contribution in [2.24, 2.45) is 5.73 Å². The second-order valence-electron chi connectivity index (χ2n) is 3.45. The minimum absolute atomic E-state index is 0.367. The van der Waals surface area contributed by atoms with Crippen LogP contribution in [0.1, 0.15) is 11.3 Å². The fraction of sp³-hybridized carbons (Fsp3) is 0.182. The molecule has 0 spiro atoms. The maximum absolute atomic E-state index is 5.49. The zero-order valence-corrected chi connectivity index (χ0v) is 10.7. The molecule has 0 atom stereocenters. The van der Waals surface area contributed by atoms with Gasteiger partial charge in [-0.3, -0.25) is 0 Å². The molecule has 0 radical (unpaired) electrons. The van der Waals surface area contributed by atoms with Crippen molar-refractivity contribution in [1.82, 2.24) is 9.97 Å². The van der Waals surface area contributed by atoms with Gasteiger partial charge >= 0.3 is 0 Å². The molecule has 88 valence electrons. The van der Waals surface area contributed by atoms with E-state index < -0.39 is 0 Å². The molecular weight excluding hydrogens is 252 g/mol. The maximum Gasteiger partial charge on any atom is 0.125 e. The summed E-state index contributed by atoms with van der Waals surface area (Å²) in [6.45, 7) is 0.809. The van der Waals surface area contributed by atoms with E-state index in [0.717, 1.165) is 30.0 Å². The van der Waals surface area contributed by atoms with Crippen molar-refractivity contribution in [3.63, 3.8) is 0 Å². The van der Waals surface area contributed by atoms with Gasteiger partial charge < -0.3 is 11.1 Å². The third-order valence-corrected chi connectivity index (χ3v) is 3.09. The molecule has 0 aliphatic carbocycles. The Kier molecular flexibility index (Phi) is 4.00. The first-order valence-electron chi connectivity index (χ1n) is 5.12. The molecule has 0 saturated carbocycles. The largest absolute Gasteiger partial charge is 0.389 e. The highest BCUT2D eigenvalue weighted by atomic mass is 32.1. The molecule has 0 amide bonds. The summed E-state index contributed by atoms with van der Waals surface area (Å²) in [4.78, 5) is 8.80. The fourth-order valence-corrected chi connectivity index (χ4v) is 2.04. The number of nitrogens with one attached hydrogen (secondary N) is 1. The standard InChI is InChI=1S/C11H12N4S2/c12-11(16)8-1-2-10(14-5-8)13-4-3-9-6-17-7-15-9/h1-2,5-7H,3-4H2,(H2,12,16)(H,13,14). The number of pyridine rings is 1. The van der Waals surface area contributed by atoms with Crippen LogP contribution >= 0.6 is 23.6 Å². The van der Waals surface area contributed by atoms with Crippen molar-refractivity contribution < 1.29 is 0 Å². The Morgan fingerprint density at radius 3 is 2.88 bits per heavy atom. The number of aromatic nitrogens is 2. The number of nitrogens with two attached hydrogens (primary N) is 1. The van der Waals surface area contributed by atoms with Gasteiger partial charge in [0.25, 0.3) is 0 Å². The lowest BCUT2D eigenvalue weighted by molar-refractivity contribution is 0.968. The summed E-state index contributed by atoms with van der Waals surface area (Å²) in [6.07, 6.45) is 2.57. The lowest BCUT2D eigenvalue weighted by atomic mass is 10.3. The summed E-state index contributed by atoms with van der Waals surface area (Å²) < 4.78 is 0. The van der Waals surface area contributed by atoms with Gasteiger partial charge in [-0.1, -0.05) is 12.2 Å². The molecule has 0 aliphatic rings. The monoisotopic (exact) mass is 264 g/mol. The summed E-state index contributed by atoms with van der Waals surface area (Å²) in [5.41, 5.74) is 9.21. The highest BCUT2D eigenvalue weighted by Crippen LogP contribution is 2.06. The molecule has 0 saturated heterocycles. The molecule has 0 aliphatic heterocycles. The third kappa shape index (κ3) is 3.47. The van der Waals surface area contributed by atoms with Crippen molar-refractivity contribution in [3.8, 4) is 0 Å². The van der Waals surface area contributed by atoms with Crippen molar-refractivity contribution in [2.45, 2.75) is 6.42 Å². The molecular formula is C11H12N4S2. The second kappa shape index (κ2) is 5.70. The van der Waals surface area contributed by atoms with E-state index in [2.05, 4.69) is 15.3 Å². The summed E-state index contributed by atoms with van der Waals surface area (Å²) in [5, 5.41) is 5.27. The predicted molar refractivity (Wildman–Crippen MR) is 74.4 cm³/mol. The maximum atomic E-state index is 5.49. The van der Waals surface area contributed by atoms with Crippen LogP contribution in [0.15, 0.2) is 29.2 Å². The van der Waals surface area contributed by atoms with Crippen molar-refractivity contribution in [1.29, 1.82) is 0 Å². The average molecular weight is 264 g/mol. The second-order valence-corrected chi connectivity index (χ2v) is 4.61. The Bertz CT molecular complexity index is 479. The molecule has 2 rings (SSSR count). The van der Waals surface area contributed by atoms with E-state index in [-0.39, 0.29) is 0 Å². The number of hydrogen-bond acceptors (Lipinski definition) is 5. The Hall–Kier alpha value is -1.53. The van der Waals surface area contributed by atoms with Crippen molar-refractivity contribution in [3.05, 3.63) is 40.5 Å². The first kappa shape index (κ1) is 11.9. The number of thiazole rings is 1. The Labute approximate surface area is 109 Å². The third-order valence-electron chi connectivity index (χ3n) is 2.22. The lowest BCUT2D eigenvalue weighted by Crippen LogP contribution is -2.11. The number of anilines is 1. The van der Waals surface area contributed by atoms with E-state index in [1.165, 1.54) is 0 Å². The minimum atomic E-state index is 0.367. The van der Waals surface area contributed by atoms with Gasteiger partial charge in [-0.25, -0.2) is 9.97 Å². The van der Waals surface area contributed by atoms with E-state index in [1.807, 2.05) is 23.0 Å². The topological polar surface area (TPSA) is 63.8 Å². The Morgan fingerprint density at radius 2 is 2.29 bits per heavy atom. The highest BCUT2D eigenvalue weighted by Gasteiger charge is 1.98. The summed E-state index contributed by atoms with van der Waals surface area (Å²) in [5.74, 6) is 0.820. The van der Waals surface area contributed by atoms with Gasteiger partial charge in [-0.15, -0.1) is 11.3 Å². The zero-order valence-electron chi connectivity index (χ0n) is 9.09. The van der Waals surface area contributed by atoms with Crippen LogP contribution in [0, 0.1) is 0 Å². The number of rotatable bonds is 5. The van der Waals surface area contributed by atoms with Crippen LogP contribution in [0.4, 0.5) is 5.82 Å². The van der Waals surface area contributed by atoms with E-state index in [0.29, 0.717) is 4.99 Å². The predicted octanol–water partition coefficient (Wildman–Crippen LogP) is 1.83. The van der Waals surface area contributed by atoms with Gasteiger partial charge in [0, 0.05) is 30.1 Å². The SMILES string of the molecule is NC(=S)c1ccc(NCCc2cscn2)nc1. The molecule has 0 aromatic carbocycles. The first-order valence-corrected chi connectivity index (χ1v) is 6.47. The molecule has 0 bridgehead atoms. The van der Waals surface area contributed by atoms with Gasteiger partial charge in [0.2, 0.25) is 0 Å². The first-order chi connectivity index (χ1) is 8.25. The minimum Gasteiger partial charge on any atom is -0.389 e. The van der Waals surface area contributed by atoms with E-state index in [1.54, 1.807) is 17.5 Å². The molecule has 2 aromatic rings. The van der Waals surface area contributed by atoms with Crippen LogP contribution in [-0.2, 0) is 6.42 Å². The van der Waals surface area contributed by atoms with E-state index in [9.17, 15) is 0 Å². The summed E-state index contributed by atoms with van der Waals surface area (Å²) >= 11 is 6.47. The van der Waals surface area contributed by atoms with Gasteiger partial charge in [0.15, 0.2) is 0 Å². The Balaban J connectivity index is 1.85. The van der Waals surface area contributed by atoms with Crippen molar-refractivity contribution >= 4 is 34.4 Å². The van der Waals surface area contributed by atoms with Crippen LogP contribution in [0.2, 0.25) is 0 Å². The van der Waals surface area contributed by atoms with E-state index >= 15 is 0 Å². The van der Waals surface area contributed by atoms with Crippen LogP contribution in [0.3, 0.4) is 0 Å². The summed E-state index contributed by atoms with van der Waals surface area (Å²) in [7, 11) is 0. The molecule has 2 heterocycles. The molecule has 0 fully saturated rings. The number of nitrogens with zero attached hydrogens (tertiary/aromatic N) is 2. The Morgan fingerprint density at radius 1 is 1.41 bits per heavy atom. The fourth-order valence-electron chi connectivity index (χ4n) is 1.32. The smallest absolute Gasteiger partial charge is 0.125 e. The van der Waals surface area contributed by atoms with Gasteiger partial charge in [0.05, 0.1) is 11.2 Å². The highest BCUT2D eigenvalue weighted by molar-refractivity contribution is 7.80. The van der Waals surface area contributed by atoms with Gasteiger partial charge in [0.1, 0.15) is 10.8 Å². The van der Waals surface area contributed by atoms with Crippen LogP contribution in [-0.4, -0.2) is 21.5 Å². The molecule has 2 aromatic heterocycles. The molecule has 0 unspecified atom stereocenters. The molecule has 4 nitrogen and oxygen atoms in total. The quantitative estimate of drug-likeness (QED) is 0.807. The lowest BCUT2D eigenvalue weighted by Gasteiger charge is -2.04. The van der Waals surface area contributed by atoms with Crippen LogP contribution in [0.25, 0.3) is 0 Å². The number of hydrogen-bond donors (Lipinski definition) is 2. The molecule has 17 heavy (non-hydrogen) atoms. The molecule has 3 N–H and O–H groups in total. The van der Waals surface area contributed by atoms with E-state index in [4.69, 9.17) is 18.0 Å². The van der Waals surface area contributed by atoms with Crippen LogP contribution < -0.4 is 11.1 Å². The number of thiocarbonyl (C=S) groups is 1. The van der Waals surface area contributed by atoms with Crippen molar-refractivity contribution in [2.75, 3.05) is 11.9 Å². The van der Waals surface area contributed by atoms with Gasteiger partial charge in [-0.2, -0.15) is 0 Å². The molecule has 6 heteroatoms. The summed E-state index contributed by atoms with van der Waals surface area (Å²) in [6, 6.07) is 3.73. The van der Waals surface area contributed by atoms with Gasteiger partial charge in [-0.05, 0) is 12.1 Å². The average Bonchev–Trinajstić information content (AvgIpc) is 2.83. The van der Waals surface area contributed by atoms with Crippen LogP contribution in [0.5, 0.6) is 0 Å². The zero-order chi connectivity index (χ0) is 12.1.